The van der Waals surface area contributed by atoms with E-state index in [-0.39, 0.29) is 5.56 Å². The predicted molar refractivity (Wildman–Crippen MR) is 87.1 cm³/mol. The van der Waals surface area contributed by atoms with Crippen LogP contribution in [0.5, 0.6) is 0 Å². The average molecular weight is 397 g/mol. The van der Waals surface area contributed by atoms with Gasteiger partial charge in [0.05, 0.1) is 0 Å². The Hall–Kier alpha value is -2.74. The highest BCUT2D eigenvalue weighted by Crippen LogP contribution is 2.34. The zero-order chi connectivity index (χ0) is 19.9. The smallest absolute Gasteiger partial charge is 0.213 e. The summed E-state index contributed by atoms with van der Waals surface area (Å²) in [4.78, 5) is -2.62. The molecule has 0 amide bonds. The molecule has 3 aromatic carbocycles. The summed E-state index contributed by atoms with van der Waals surface area (Å²) < 4.78 is 94.1. The molecule has 0 saturated carbocycles. The highest BCUT2D eigenvalue weighted by atomic mass is 32.2. The molecule has 27 heavy (non-hydrogen) atoms. The first-order valence-corrected chi connectivity index (χ1v) is 8.99. The van der Waals surface area contributed by atoms with E-state index in [2.05, 4.69) is 0 Å². The number of hydrogen-bond donors (Lipinski definition) is 0. The van der Waals surface area contributed by atoms with E-state index in [1.54, 1.807) is 18.2 Å². The van der Waals surface area contributed by atoms with Gasteiger partial charge in [-0.15, -0.1) is 0 Å². The Balaban J connectivity index is 2.29. The molecule has 139 valence electrons. The summed E-state index contributed by atoms with van der Waals surface area (Å²) in [6, 6.07) is 11.4. The van der Waals surface area contributed by atoms with E-state index < -0.39 is 48.7 Å². The van der Waals surface area contributed by atoms with Crippen LogP contribution in [0.2, 0.25) is 0 Å². The highest BCUT2D eigenvalue weighted by Gasteiger charge is 2.32. The summed E-state index contributed by atoms with van der Waals surface area (Å²) in [5.74, 6) is -9.95. The SMILES string of the molecule is Cc1ccc(S(=O)(=O)c2[c]c(F)c(F)c(F)c2F)c(F)c1-c1ccccc1. The lowest BCUT2D eigenvalue weighted by molar-refractivity contribution is 0.395. The van der Waals surface area contributed by atoms with E-state index in [1.165, 1.54) is 31.2 Å². The van der Waals surface area contributed by atoms with E-state index in [9.17, 15) is 26.0 Å². The van der Waals surface area contributed by atoms with Gasteiger partial charge in [-0.25, -0.2) is 30.4 Å². The lowest BCUT2D eigenvalue weighted by Crippen LogP contribution is -2.12. The third-order valence-corrected chi connectivity index (χ3v) is 5.65. The number of sulfone groups is 1. The third kappa shape index (κ3) is 3.10. The van der Waals surface area contributed by atoms with Crippen molar-refractivity contribution in [3.63, 3.8) is 0 Å². The molecule has 0 atom stereocenters. The van der Waals surface area contributed by atoms with Crippen molar-refractivity contribution in [1.82, 2.24) is 0 Å². The molecule has 0 aliphatic heterocycles. The van der Waals surface area contributed by atoms with Crippen LogP contribution in [0.25, 0.3) is 11.1 Å². The molecule has 3 aromatic rings. The first-order chi connectivity index (χ1) is 12.7. The molecule has 1 radical (unpaired) electrons. The van der Waals surface area contributed by atoms with Crippen LogP contribution in [0, 0.1) is 42.1 Å². The molecule has 0 heterocycles. The van der Waals surface area contributed by atoms with E-state index in [0.717, 1.165) is 6.07 Å². The molecule has 0 N–H and O–H groups in total. The van der Waals surface area contributed by atoms with E-state index in [4.69, 9.17) is 0 Å². The van der Waals surface area contributed by atoms with Crippen molar-refractivity contribution in [2.24, 2.45) is 0 Å². The third-order valence-electron chi connectivity index (χ3n) is 3.94. The molecule has 0 aromatic heterocycles. The Morgan fingerprint density at radius 2 is 1.41 bits per heavy atom. The zero-order valence-corrected chi connectivity index (χ0v) is 14.5. The Labute approximate surface area is 151 Å². The lowest BCUT2D eigenvalue weighted by atomic mass is 10.0. The van der Waals surface area contributed by atoms with Crippen molar-refractivity contribution in [2.75, 3.05) is 0 Å². The minimum atomic E-state index is -5.06. The van der Waals surface area contributed by atoms with Gasteiger partial charge in [0.25, 0.3) is 0 Å². The van der Waals surface area contributed by atoms with Crippen LogP contribution in [0.3, 0.4) is 0 Å². The maximum atomic E-state index is 15.0. The predicted octanol–water partition coefficient (Wildman–Crippen LogP) is 4.99. The fourth-order valence-electron chi connectivity index (χ4n) is 2.62. The molecule has 0 fully saturated rings. The number of aryl methyl sites for hydroxylation is 1. The summed E-state index contributed by atoms with van der Waals surface area (Å²) in [5, 5.41) is 0. The van der Waals surface area contributed by atoms with Gasteiger partial charge < -0.3 is 0 Å². The second-order valence-corrected chi connectivity index (χ2v) is 7.50. The van der Waals surface area contributed by atoms with Crippen LogP contribution in [-0.4, -0.2) is 8.42 Å². The van der Waals surface area contributed by atoms with Crippen molar-refractivity contribution in [3.8, 4) is 11.1 Å². The van der Waals surface area contributed by atoms with Crippen molar-refractivity contribution >= 4 is 9.84 Å². The summed E-state index contributed by atoms with van der Waals surface area (Å²) >= 11 is 0. The summed E-state index contributed by atoms with van der Waals surface area (Å²) in [6.45, 7) is 1.53. The number of rotatable bonds is 3. The Bertz CT molecular complexity index is 1140. The van der Waals surface area contributed by atoms with Gasteiger partial charge in [0.1, 0.15) is 15.6 Å². The first-order valence-electron chi connectivity index (χ1n) is 7.51. The van der Waals surface area contributed by atoms with Crippen LogP contribution in [0.15, 0.2) is 52.3 Å². The van der Waals surface area contributed by atoms with E-state index >= 15 is 4.39 Å². The maximum absolute atomic E-state index is 15.0. The van der Waals surface area contributed by atoms with Gasteiger partial charge >= 0.3 is 0 Å². The zero-order valence-electron chi connectivity index (χ0n) is 13.7. The van der Waals surface area contributed by atoms with Crippen LogP contribution in [0.4, 0.5) is 22.0 Å². The molecule has 0 unspecified atom stereocenters. The molecule has 0 spiro atoms. The van der Waals surface area contributed by atoms with Crippen molar-refractivity contribution < 1.29 is 30.4 Å². The lowest BCUT2D eigenvalue weighted by Gasteiger charge is -2.13. The standard InChI is InChI=1S/C19H10F5O2S/c1-10-7-8-13(17(22)15(10)11-5-3-2-4-6-11)27(25,26)14-9-12(20)16(21)19(24)18(14)23/h2-8H,1H3. The normalized spacial score (nSPS) is 11.6. The van der Waals surface area contributed by atoms with Gasteiger partial charge in [0.15, 0.2) is 23.3 Å². The van der Waals surface area contributed by atoms with Gasteiger partial charge in [-0.05, 0) is 24.1 Å². The fraction of sp³-hybridized carbons (Fsp3) is 0.0526. The number of hydrogen-bond acceptors (Lipinski definition) is 2. The van der Waals surface area contributed by atoms with Crippen molar-refractivity contribution in [1.29, 1.82) is 0 Å². The van der Waals surface area contributed by atoms with Gasteiger partial charge in [-0.3, -0.25) is 0 Å². The van der Waals surface area contributed by atoms with Crippen LogP contribution in [0.1, 0.15) is 5.56 Å². The van der Waals surface area contributed by atoms with Gasteiger partial charge in [-0.1, -0.05) is 36.4 Å². The monoisotopic (exact) mass is 397 g/mol. The molecular weight excluding hydrogens is 387 g/mol. The van der Waals surface area contributed by atoms with Crippen LogP contribution < -0.4 is 0 Å². The second kappa shape index (κ2) is 6.77. The molecule has 0 aliphatic rings. The Kier molecular flexibility index (Phi) is 4.77. The maximum Gasteiger partial charge on any atom is 0.213 e. The van der Waals surface area contributed by atoms with Crippen molar-refractivity contribution in [2.45, 2.75) is 16.7 Å². The quantitative estimate of drug-likeness (QED) is 0.270. The molecule has 0 aliphatic carbocycles. The molecule has 8 heteroatoms. The molecule has 0 bridgehead atoms. The average Bonchev–Trinajstić information content (AvgIpc) is 2.63. The topological polar surface area (TPSA) is 34.1 Å². The minimum absolute atomic E-state index is 0.0693. The first kappa shape index (κ1) is 19.0. The fourth-order valence-corrected chi connectivity index (χ4v) is 3.97. The molecular formula is C19H10F5O2S. The molecule has 3 rings (SSSR count). The van der Waals surface area contributed by atoms with Gasteiger partial charge in [0, 0.05) is 11.6 Å². The van der Waals surface area contributed by atoms with Gasteiger partial charge in [-0.2, -0.15) is 0 Å². The summed E-state index contributed by atoms with van der Waals surface area (Å²) in [6.07, 6.45) is 0. The van der Waals surface area contributed by atoms with E-state index in [1.807, 2.05) is 0 Å². The summed E-state index contributed by atoms with van der Waals surface area (Å²) in [5.41, 5.74) is 0.671. The number of halogens is 5. The Morgan fingerprint density at radius 1 is 0.778 bits per heavy atom. The molecule has 2 nitrogen and oxygen atoms in total. The van der Waals surface area contributed by atoms with Gasteiger partial charge in [0.2, 0.25) is 9.84 Å². The Morgan fingerprint density at radius 3 is 2.04 bits per heavy atom. The summed E-state index contributed by atoms with van der Waals surface area (Å²) in [7, 11) is -5.06. The van der Waals surface area contributed by atoms with Crippen LogP contribution >= 0.6 is 0 Å². The second-order valence-electron chi connectivity index (χ2n) is 5.65. The van der Waals surface area contributed by atoms with Crippen molar-refractivity contribution in [3.05, 3.63) is 83.2 Å². The van der Waals surface area contributed by atoms with E-state index in [0.29, 0.717) is 11.1 Å². The number of benzene rings is 3. The minimum Gasteiger partial charge on any atom is -0.218 e. The largest absolute Gasteiger partial charge is 0.218 e. The van der Waals surface area contributed by atoms with Crippen LogP contribution in [-0.2, 0) is 9.84 Å². The molecule has 0 saturated heterocycles. The highest BCUT2D eigenvalue weighted by molar-refractivity contribution is 7.91.